The van der Waals surface area contributed by atoms with Gasteiger partial charge in [0.1, 0.15) is 5.82 Å². The zero-order chi connectivity index (χ0) is 15.9. The fourth-order valence-corrected chi connectivity index (χ4v) is 2.64. The summed E-state index contributed by atoms with van der Waals surface area (Å²) < 4.78 is 2.25. The molecule has 0 aliphatic carbocycles. The zero-order valence-corrected chi connectivity index (χ0v) is 14.1. The Morgan fingerprint density at radius 3 is 2.86 bits per heavy atom. The summed E-state index contributed by atoms with van der Waals surface area (Å²) in [7, 11) is 3.92. The summed E-state index contributed by atoms with van der Waals surface area (Å²) in [5, 5.41) is 3.44. The molecule has 0 saturated carbocycles. The van der Waals surface area contributed by atoms with Crippen molar-refractivity contribution in [3.63, 3.8) is 0 Å². The summed E-state index contributed by atoms with van der Waals surface area (Å²) in [6.45, 7) is 7.01. The quantitative estimate of drug-likeness (QED) is 0.659. The third-order valence-corrected chi connectivity index (χ3v) is 3.88. The number of hydrogen-bond donors (Lipinski definition) is 1. The summed E-state index contributed by atoms with van der Waals surface area (Å²) in [6, 6.07) is 8.27. The van der Waals surface area contributed by atoms with Crippen molar-refractivity contribution in [1.82, 2.24) is 19.8 Å². The van der Waals surface area contributed by atoms with Gasteiger partial charge < -0.3 is 14.8 Å². The second-order valence-corrected chi connectivity index (χ2v) is 5.55. The molecule has 0 saturated heterocycles. The number of benzene rings is 1. The Bertz CT molecular complexity index is 629. The highest BCUT2D eigenvalue weighted by atomic mass is 15.3. The first-order valence-corrected chi connectivity index (χ1v) is 8.01. The van der Waals surface area contributed by atoms with Gasteiger partial charge in [0, 0.05) is 33.7 Å². The van der Waals surface area contributed by atoms with Gasteiger partial charge in [-0.25, -0.2) is 4.98 Å². The number of aryl methyl sites for hydroxylation is 1. The molecule has 120 valence electrons. The molecule has 2 rings (SSSR count). The molecule has 0 aliphatic rings. The molecule has 1 N–H and O–H groups in total. The average molecular weight is 301 g/mol. The Morgan fingerprint density at radius 1 is 1.36 bits per heavy atom. The largest absolute Gasteiger partial charge is 0.354 e. The second kappa shape index (κ2) is 7.82. The molecule has 22 heavy (non-hydrogen) atoms. The smallest absolute Gasteiger partial charge is 0.193 e. The van der Waals surface area contributed by atoms with E-state index in [9.17, 15) is 0 Å². The van der Waals surface area contributed by atoms with Gasteiger partial charge in [-0.3, -0.25) is 4.99 Å². The molecule has 5 heteroatoms. The van der Waals surface area contributed by atoms with Gasteiger partial charge in [-0.15, -0.1) is 0 Å². The van der Waals surface area contributed by atoms with Crippen LogP contribution in [0.15, 0.2) is 29.3 Å². The predicted molar refractivity (Wildman–Crippen MR) is 93.4 cm³/mol. The lowest BCUT2D eigenvalue weighted by Gasteiger charge is -2.22. The van der Waals surface area contributed by atoms with Crippen LogP contribution in [0.2, 0.25) is 0 Å². The van der Waals surface area contributed by atoms with E-state index in [1.807, 2.05) is 13.1 Å². The molecule has 0 fully saturated rings. The van der Waals surface area contributed by atoms with E-state index < -0.39 is 0 Å². The lowest BCUT2D eigenvalue weighted by molar-refractivity contribution is 0.462. The van der Waals surface area contributed by atoms with Gasteiger partial charge in [0.2, 0.25) is 0 Å². The molecule has 0 amide bonds. The SMILES string of the molecule is CCCCN(C)C(=NC)NCCn1c(C)nc2ccccc21. The second-order valence-electron chi connectivity index (χ2n) is 5.55. The first-order valence-electron chi connectivity index (χ1n) is 8.01. The molecular weight excluding hydrogens is 274 g/mol. The van der Waals surface area contributed by atoms with E-state index in [2.05, 4.69) is 63.9 Å². The predicted octanol–water partition coefficient (Wildman–Crippen LogP) is 2.65. The lowest BCUT2D eigenvalue weighted by Crippen LogP contribution is -2.40. The highest BCUT2D eigenvalue weighted by molar-refractivity contribution is 5.79. The summed E-state index contributed by atoms with van der Waals surface area (Å²) in [4.78, 5) is 11.1. The van der Waals surface area contributed by atoms with Gasteiger partial charge in [0.25, 0.3) is 0 Å². The van der Waals surface area contributed by atoms with Crippen LogP contribution in [-0.4, -0.2) is 47.6 Å². The Balaban J connectivity index is 1.96. The van der Waals surface area contributed by atoms with Gasteiger partial charge in [-0.2, -0.15) is 0 Å². The van der Waals surface area contributed by atoms with E-state index in [1.165, 1.54) is 18.4 Å². The first-order chi connectivity index (χ1) is 10.7. The average Bonchev–Trinajstić information content (AvgIpc) is 2.85. The van der Waals surface area contributed by atoms with Crippen molar-refractivity contribution >= 4 is 17.0 Å². The summed E-state index contributed by atoms with van der Waals surface area (Å²) in [5.74, 6) is 2.01. The molecule has 5 nitrogen and oxygen atoms in total. The third-order valence-electron chi connectivity index (χ3n) is 3.88. The monoisotopic (exact) mass is 301 g/mol. The third kappa shape index (κ3) is 3.78. The molecular formula is C17H27N5. The number of imidazole rings is 1. The normalized spacial score (nSPS) is 11.9. The van der Waals surface area contributed by atoms with Crippen molar-refractivity contribution < 1.29 is 0 Å². The molecule has 1 aromatic carbocycles. The number of nitrogens with zero attached hydrogens (tertiary/aromatic N) is 4. The van der Waals surface area contributed by atoms with Crippen LogP contribution in [0.4, 0.5) is 0 Å². The van der Waals surface area contributed by atoms with Crippen molar-refractivity contribution in [2.24, 2.45) is 4.99 Å². The first kappa shape index (κ1) is 16.3. The number of hydrogen-bond acceptors (Lipinski definition) is 2. The maximum absolute atomic E-state index is 4.60. The van der Waals surface area contributed by atoms with Crippen LogP contribution >= 0.6 is 0 Å². The van der Waals surface area contributed by atoms with E-state index >= 15 is 0 Å². The van der Waals surface area contributed by atoms with Crippen molar-refractivity contribution in [3.8, 4) is 0 Å². The number of rotatable bonds is 6. The number of guanidine groups is 1. The maximum Gasteiger partial charge on any atom is 0.193 e. The molecule has 0 atom stereocenters. The number of aromatic nitrogens is 2. The van der Waals surface area contributed by atoms with Gasteiger partial charge >= 0.3 is 0 Å². The Labute approximate surface area is 133 Å². The van der Waals surface area contributed by atoms with E-state index in [0.717, 1.165) is 36.9 Å². The number of unbranched alkanes of at least 4 members (excludes halogenated alkanes) is 1. The number of para-hydroxylation sites is 2. The van der Waals surface area contributed by atoms with Crippen LogP contribution in [0, 0.1) is 6.92 Å². The van der Waals surface area contributed by atoms with Crippen molar-refractivity contribution in [2.45, 2.75) is 33.2 Å². The maximum atomic E-state index is 4.60. The minimum Gasteiger partial charge on any atom is -0.354 e. The topological polar surface area (TPSA) is 45.5 Å². The Hall–Kier alpha value is -2.04. The summed E-state index contributed by atoms with van der Waals surface area (Å²) >= 11 is 0. The molecule has 1 heterocycles. The lowest BCUT2D eigenvalue weighted by atomic mass is 10.3. The molecule has 0 aliphatic heterocycles. The Kier molecular flexibility index (Phi) is 5.81. The van der Waals surface area contributed by atoms with Gasteiger partial charge in [0.15, 0.2) is 5.96 Å². The summed E-state index contributed by atoms with van der Waals surface area (Å²) in [5.41, 5.74) is 2.25. The minimum absolute atomic E-state index is 0.838. The van der Waals surface area contributed by atoms with Crippen molar-refractivity contribution in [1.29, 1.82) is 0 Å². The molecule has 0 bridgehead atoms. The van der Waals surface area contributed by atoms with Crippen LogP contribution in [0.25, 0.3) is 11.0 Å². The van der Waals surface area contributed by atoms with E-state index in [-0.39, 0.29) is 0 Å². The zero-order valence-electron chi connectivity index (χ0n) is 14.1. The van der Waals surface area contributed by atoms with E-state index in [1.54, 1.807) is 0 Å². The van der Waals surface area contributed by atoms with Gasteiger partial charge in [0.05, 0.1) is 11.0 Å². The van der Waals surface area contributed by atoms with Crippen molar-refractivity contribution in [3.05, 3.63) is 30.1 Å². The van der Waals surface area contributed by atoms with E-state index in [0.29, 0.717) is 0 Å². The summed E-state index contributed by atoms with van der Waals surface area (Å²) in [6.07, 6.45) is 2.38. The molecule has 0 radical (unpaired) electrons. The van der Waals surface area contributed by atoms with Crippen LogP contribution in [0.1, 0.15) is 25.6 Å². The standard InChI is InChI=1S/C17H27N5/c1-5-6-12-21(4)17(18-3)19-11-13-22-14(2)20-15-9-7-8-10-16(15)22/h7-10H,5-6,11-13H2,1-4H3,(H,18,19). The van der Waals surface area contributed by atoms with E-state index in [4.69, 9.17) is 0 Å². The fraction of sp³-hybridized carbons (Fsp3) is 0.529. The van der Waals surface area contributed by atoms with Crippen molar-refractivity contribution in [2.75, 3.05) is 27.2 Å². The number of fused-ring (bicyclic) bond motifs is 1. The molecule has 0 unspecified atom stereocenters. The van der Waals surface area contributed by atoms with Gasteiger partial charge in [-0.05, 0) is 25.5 Å². The van der Waals surface area contributed by atoms with Crippen LogP contribution < -0.4 is 5.32 Å². The minimum atomic E-state index is 0.838. The molecule has 1 aromatic heterocycles. The van der Waals surface area contributed by atoms with Crippen LogP contribution in [0.5, 0.6) is 0 Å². The van der Waals surface area contributed by atoms with Crippen LogP contribution in [-0.2, 0) is 6.54 Å². The molecule has 2 aromatic rings. The number of nitrogens with one attached hydrogen (secondary N) is 1. The highest BCUT2D eigenvalue weighted by Gasteiger charge is 2.08. The highest BCUT2D eigenvalue weighted by Crippen LogP contribution is 2.14. The Morgan fingerprint density at radius 2 is 2.14 bits per heavy atom. The fourth-order valence-electron chi connectivity index (χ4n) is 2.64. The van der Waals surface area contributed by atoms with Gasteiger partial charge in [-0.1, -0.05) is 25.5 Å². The van der Waals surface area contributed by atoms with Crippen LogP contribution in [0.3, 0.4) is 0 Å². The number of aliphatic imine (C=N–C) groups is 1. The molecule has 0 spiro atoms.